The van der Waals surface area contributed by atoms with Gasteiger partial charge < -0.3 is 10.1 Å². The summed E-state index contributed by atoms with van der Waals surface area (Å²) < 4.78 is 5.42. The molecule has 0 atom stereocenters. The lowest BCUT2D eigenvalue weighted by molar-refractivity contribution is -0.120. The molecule has 166 valence electrons. The molecular weight excluding hydrogens is 487 g/mol. The molecule has 0 spiro atoms. The molecule has 3 aromatic rings. The third kappa shape index (κ3) is 4.46. The minimum Gasteiger partial charge on any atom is -0.423 e. The van der Waals surface area contributed by atoms with Gasteiger partial charge in [0.05, 0.1) is 21.3 Å². The van der Waals surface area contributed by atoms with E-state index in [1.807, 2.05) is 19.1 Å². The van der Waals surface area contributed by atoms with Crippen LogP contribution in [0, 0.1) is 6.92 Å². The number of aryl methyl sites for hydroxylation is 1. The van der Waals surface area contributed by atoms with Gasteiger partial charge in [-0.25, -0.2) is 9.69 Å². The van der Waals surface area contributed by atoms with Gasteiger partial charge in [0.1, 0.15) is 16.5 Å². The Kier molecular flexibility index (Phi) is 6.42. The maximum absolute atomic E-state index is 12.9. The van der Waals surface area contributed by atoms with Gasteiger partial charge in [-0.15, -0.1) is 0 Å². The van der Waals surface area contributed by atoms with Gasteiger partial charge in [0.25, 0.3) is 11.8 Å². The van der Waals surface area contributed by atoms with E-state index < -0.39 is 17.8 Å². The highest BCUT2D eigenvalue weighted by Gasteiger charge is 2.40. The largest absolute Gasteiger partial charge is 0.423 e. The molecule has 1 aliphatic heterocycles. The Morgan fingerprint density at radius 3 is 2.27 bits per heavy atom. The number of ether oxygens (including phenoxy) is 1. The van der Waals surface area contributed by atoms with E-state index >= 15 is 0 Å². The molecule has 3 aromatic carbocycles. The lowest BCUT2D eigenvalue weighted by Gasteiger charge is -2.17. The molecule has 0 bridgehead atoms. The molecular formula is C24H15Cl3N2O4. The number of nitrogens with one attached hydrogen (secondary N) is 1. The summed E-state index contributed by atoms with van der Waals surface area (Å²) in [5, 5.41) is 2.80. The summed E-state index contributed by atoms with van der Waals surface area (Å²) in [4.78, 5) is 38.8. The van der Waals surface area contributed by atoms with Crippen LogP contribution in [-0.4, -0.2) is 17.8 Å². The van der Waals surface area contributed by atoms with Crippen LogP contribution in [0.3, 0.4) is 0 Å². The minimum atomic E-state index is -0.730. The second-order valence-corrected chi connectivity index (χ2v) is 8.23. The first kappa shape index (κ1) is 22.9. The smallest absolute Gasteiger partial charge is 0.343 e. The fourth-order valence-corrected chi connectivity index (χ4v) is 3.75. The second kappa shape index (κ2) is 9.27. The van der Waals surface area contributed by atoms with Gasteiger partial charge in [-0.2, -0.15) is 0 Å². The highest BCUT2D eigenvalue weighted by molar-refractivity contribution is 6.54. The van der Waals surface area contributed by atoms with Crippen LogP contribution in [0.1, 0.15) is 15.9 Å². The monoisotopic (exact) mass is 500 g/mol. The normalized spacial score (nSPS) is 13.5. The number of hydrogen-bond acceptors (Lipinski definition) is 5. The summed E-state index contributed by atoms with van der Waals surface area (Å²) in [6, 6.07) is 18.0. The van der Waals surface area contributed by atoms with E-state index in [9.17, 15) is 14.4 Å². The average molecular weight is 502 g/mol. The zero-order chi connectivity index (χ0) is 23.7. The second-order valence-electron chi connectivity index (χ2n) is 7.07. The van der Waals surface area contributed by atoms with Crippen LogP contribution in [0.2, 0.25) is 10.0 Å². The zero-order valence-electron chi connectivity index (χ0n) is 17.1. The number of amides is 2. The van der Waals surface area contributed by atoms with E-state index in [1.165, 1.54) is 24.3 Å². The van der Waals surface area contributed by atoms with Crippen LogP contribution in [0.15, 0.2) is 77.5 Å². The average Bonchev–Trinajstić information content (AvgIpc) is 3.01. The van der Waals surface area contributed by atoms with Gasteiger partial charge >= 0.3 is 5.97 Å². The van der Waals surface area contributed by atoms with Crippen LogP contribution in [0.4, 0.5) is 11.4 Å². The summed E-state index contributed by atoms with van der Waals surface area (Å²) in [6.07, 6.45) is 0. The number of hydrogen-bond donors (Lipinski definition) is 1. The Balaban J connectivity index is 1.51. The lowest BCUT2D eigenvalue weighted by atomic mass is 10.2. The van der Waals surface area contributed by atoms with Gasteiger partial charge in [-0.1, -0.05) is 59.1 Å². The predicted octanol–water partition coefficient (Wildman–Crippen LogP) is 5.96. The van der Waals surface area contributed by atoms with E-state index in [-0.39, 0.29) is 26.5 Å². The molecule has 9 heteroatoms. The highest BCUT2D eigenvalue weighted by Crippen LogP contribution is 2.37. The molecule has 2 amide bonds. The third-order valence-electron chi connectivity index (χ3n) is 4.89. The van der Waals surface area contributed by atoms with E-state index in [0.717, 1.165) is 10.5 Å². The number of halogens is 3. The molecule has 0 saturated heterocycles. The number of carbonyl (C=O) groups excluding carboxylic acids is 3. The van der Waals surface area contributed by atoms with Crippen LogP contribution >= 0.6 is 34.8 Å². The number of para-hydroxylation sites is 1. The first-order valence-electron chi connectivity index (χ1n) is 9.65. The number of benzene rings is 3. The van der Waals surface area contributed by atoms with Gasteiger partial charge in [-0.05, 0) is 55.0 Å². The summed E-state index contributed by atoms with van der Waals surface area (Å²) >= 11 is 18.3. The Hall–Kier alpha value is -3.32. The van der Waals surface area contributed by atoms with Crippen LogP contribution in [0.5, 0.6) is 5.75 Å². The number of nitrogens with zero attached hydrogens (tertiary/aromatic N) is 1. The molecule has 1 aliphatic rings. The zero-order valence-corrected chi connectivity index (χ0v) is 19.3. The Labute approximate surface area is 204 Å². The summed E-state index contributed by atoms with van der Waals surface area (Å²) in [7, 11) is 0. The summed E-state index contributed by atoms with van der Waals surface area (Å²) in [5.74, 6) is -1.47. The topological polar surface area (TPSA) is 75.7 Å². The number of imide groups is 1. The number of carbonyl (C=O) groups is 3. The van der Waals surface area contributed by atoms with Crippen LogP contribution < -0.4 is 15.0 Å². The van der Waals surface area contributed by atoms with Crippen molar-refractivity contribution in [2.45, 2.75) is 6.92 Å². The van der Waals surface area contributed by atoms with Crippen molar-refractivity contribution in [1.29, 1.82) is 0 Å². The molecule has 0 unspecified atom stereocenters. The summed E-state index contributed by atoms with van der Waals surface area (Å²) in [6.45, 7) is 1.84. The van der Waals surface area contributed by atoms with Gasteiger partial charge in [0.15, 0.2) is 0 Å². The molecule has 33 heavy (non-hydrogen) atoms. The van der Waals surface area contributed by atoms with Crippen LogP contribution in [-0.2, 0) is 9.59 Å². The standard InChI is InChI=1S/C24H15Cl3N2O4/c1-13-5-2-3-8-18(13)33-24(32)14-9-11-15(12-10-14)28-21-20(27)22(30)29(23(21)31)17-7-4-6-16(25)19(17)26/h2-12,28H,1H3. The molecule has 4 rings (SSSR count). The lowest BCUT2D eigenvalue weighted by Crippen LogP contribution is -2.32. The summed E-state index contributed by atoms with van der Waals surface area (Å²) in [5.41, 5.74) is 1.59. The first-order valence-corrected chi connectivity index (χ1v) is 10.8. The Morgan fingerprint density at radius 1 is 0.879 bits per heavy atom. The van der Waals surface area contributed by atoms with Crippen molar-refractivity contribution < 1.29 is 19.1 Å². The quantitative estimate of drug-likeness (QED) is 0.265. The maximum Gasteiger partial charge on any atom is 0.343 e. The van der Waals surface area contributed by atoms with Crippen molar-refractivity contribution in [3.63, 3.8) is 0 Å². The van der Waals surface area contributed by atoms with Crippen LogP contribution in [0.25, 0.3) is 0 Å². The number of anilines is 2. The van der Waals surface area contributed by atoms with Gasteiger partial charge in [-0.3, -0.25) is 9.59 Å². The van der Waals surface area contributed by atoms with Crippen molar-refractivity contribution in [1.82, 2.24) is 0 Å². The van der Waals surface area contributed by atoms with Crippen molar-refractivity contribution in [2.24, 2.45) is 0 Å². The molecule has 6 nitrogen and oxygen atoms in total. The fraction of sp³-hybridized carbons (Fsp3) is 0.0417. The first-order chi connectivity index (χ1) is 15.8. The number of rotatable bonds is 5. The Bertz CT molecular complexity index is 1320. The molecule has 0 radical (unpaired) electrons. The van der Waals surface area contributed by atoms with Gasteiger partial charge in [0, 0.05) is 5.69 Å². The maximum atomic E-state index is 12.9. The highest BCUT2D eigenvalue weighted by atomic mass is 35.5. The molecule has 1 N–H and O–H groups in total. The van der Waals surface area contributed by atoms with Crippen molar-refractivity contribution in [3.8, 4) is 5.75 Å². The fourth-order valence-electron chi connectivity index (χ4n) is 3.16. The molecule has 0 aliphatic carbocycles. The third-order valence-corrected chi connectivity index (χ3v) is 6.05. The molecule has 0 fully saturated rings. The van der Waals surface area contributed by atoms with Gasteiger partial charge in [0.2, 0.25) is 0 Å². The SMILES string of the molecule is Cc1ccccc1OC(=O)c1ccc(NC2=C(Cl)C(=O)N(c3cccc(Cl)c3Cl)C2=O)cc1. The Morgan fingerprint density at radius 2 is 1.58 bits per heavy atom. The molecule has 1 heterocycles. The van der Waals surface area contributed by atoms with Crippen molar-refractivity contribution in [2.75, 3.05) is 10.2 Å². The van der Waals surface area contributed by atoms with E-state index in [0.29, 0.717) is 17.0 Å². The number of esters is 1. The van der Waals surface area contributed by atoms with Crippen molar-refractivity contribution >= 4 is 64.0 Å². The van der Waals surface area contributed by atoms with Crippen molar-refractivity contribution in [3.05, 3.63) is 98.6 Å². The minimum absolute atomic E-state index is 0.0584. The van der Waals surface area contributed by atoms with E-state index in [2.05, 4.69) is 5.32 Å². The van der Waals surface area contributed by atoms with E-state index in [1.54, 1.807) is 30.3 Å². The predicted molar refractivity (Wildman–Crippen MR) is 128 cm³/mol. The molecule has 0 aromatic heterocycles. The van der Waals surface area contributed by atoms with E-state index in [4.69, 9.17) is 39.5 Å². The molecule has 0 saturated carbocycles.